The second-order valence-electron chi connectivity index (χ2n) is 4.23. The Bertz CT molecular complexity index is 569. The Labute approximate surface area is 138 Å². The van der Waals surface area contributed by atoms with Crippen LogP contribution in [0.1, 0.15) is 24.2 Å². The lowest BCUT2D eigenvalue weighted by atomic mass is 10.2. The van der Waals surface area contributed by atoms with Crippen LogP contribution in [-0.4, -0.2) is 27.6 Å². The average Bonchev–Trinajstić information content (AvgIpc) is 2.60. The number of aldehydes is 1. The summed E-state index contributed by atoms with van der Waals surface area (Å²) in [6, 6.07) is 12.6. The molecular formula is C18H26N2O3. The highest BCUT2D eigenvalue weighted by Gasteiger charge is 2.01. The van der Waals surface area contributed by atoms with Crippen LogP contribution in [0.2, 0.25) is 0 Å². The maximum atomic E-state index is 10.6. The fourth-order valence-electron chi connectivity index (χ4n) is 1.60. The predicted molar refractivity (Wildman–Crippen MR) is 96.8 cm³/mol. The van der Waals surface area contributed by atoms with Crippen molar-refractivity contribution >= 4 is 23.3 Å². The van der Waals surface area contributed by atoms with Crippen LogP contribution in [0.4, 0.5) is 17.1 Å². The third kappa shape index (κ3) is 7.33. The van der Waals surface area contributed by atoms with Crippen molar-refractivity contribution in [2.45, 2.75) is 13.8 Å². The van der Waals surface area contributed by atoms with Gasteiger partial charge in [-0.25, -0.2) is 0 Å². The molecule has 0 unspecified atom stereocenters. The largest absolute Gasteiger partial charge is 0.497 e. The third-order valence-corrected chi connectivity index (χ3v) is 2.58. The molecule has 2 aromatic carbocycles. The number of hydrogen-bond acceptors (Lipinski definition) is 5. The first-order valence-corrected chi connectivity index (χ1v) is 7.30. The molecule has 126 valence electrons. The van der Waals surface area contributed by atoms with E-state index < -0.39 is 0 Å². The molecule has 0 fully saturated rings. The van der Waals surface area contributed by atoms with Gasteiger partial charge in [-0.1, -0.05) is 13.8 Å². The number of rotatable bonds is 4. The van der Waals surface area contributed by atoms with Gasteiger partial charge in [0.25, 0.3) is 0 Å². The van der Waals surface area contributed by atoms with E-state index in [-0.39, 0.29) is 0 Å². The maximum Gasteiger partial charge on any atom is 0.150 e. The maximum absolute atomic E-state index is 10.6. The van der Waals surface area contributed by atoms with Crippen LogP contribution in [0.3, 0.4) is 0 Å². The quantitative estimate of drug-likeness (QED) is 0.655. The second-order valence-corrected chi connectivity index (χ2v) is 4.23. The SMILES string of the molecule is CC.COC.COc1ccc(Nc2ccc(C=O)cc2N)cc1. The molecule has 0 atom stereocenters. The summed E-state index contributed by atoms with van der Waals surface area (Å²) in [5.74, 6) is 0.796. The minimum Gasteiger partial charge on any atom is -0.497 e. The number of methoxy groups -OCH3 is 2. The Morgan fingerprint density at radius 1 is 1.00 bits per heavy atom. The van der Waals surface area contributed by atoms with Gasteiger partial charge in [0.05, 0.1) is 18.5 Å². The van der Waals surface area contributed by atoms with Gasteiger partial charge in [0.2, 0.25) is 0 Å². The Balaban J connectivity index is 0.000000868. The van der Waals surface area contributed by atoms with Crippen LogP contribution in [0.15, 0.2) is 42.5 Å². The summed E-state index contributed by atoms with van der Waals surface area (Å²) >= 11 is 0. The summed E-state index contributed by atoms with van der Waals surface area (Å²) in [5.41, 5.74) is 8.63. The summed E-state index contributed by atoms with van der Waals surface area (Å²) in [7, 11) is 4.87. The van der Waals surface area contributed by atoms with E-state index in [0.717, 1.165) is 23.4 Å². The van der Waals surface area contributed by atoms with Crippen molar-refractivity contribution in [3.05, 3.63) is 48.0 Å². The molecule has 0 saturated carbocycles. The molecule has 0 amide bonds. The van der Waals surface area contributed by atoms with Gasteiger partial charge in [0.15, 0.2) is 0 Å². The van der Waals surface area contributed by atoms with E-state index in [0.29, 0.717) is 11.3 Å². The van der Waals surface area contributed by atoms with Gasteiger partial charge in [-0.2, -0.15) is 0 Å². The fraction of sp³-hybridized carbons (Fsp3) is 0.278. The number of anilines is 3. The van der Waals surface area contributed by atoms with Crippen LogP contribution in [0.5, 0.6) is 5.75 Å². The molecule has 0 bridgehead atoms. The van der Waals surface area contributed by atoms with E-state index in [1.165, 1.54) is 0 Å². The zero-order valence-electron chi connectivity index (χ0n) is 14.4. The van der Waals surface area contributed by atoms with E-state index >= 15 is 0 Å². The van der Waals surface area contributed by atoms with Crippen molar-refractivity contribution in [1.29, 1.82) is 0 Å². The zero-order valence-corrected chi connectivity index (χ0v) is 14.4. The molecule has 0 saturated heterocycles. The summed E-state index contributed by atoms with van der Waals surface area (Å²) in [4.78, 5) is 10.6. The lowest BCUT2D eigenvalue weighted by molar-refractivity contribution is 0.112. The number of carbonyl (C=O) groups is 1. The van der Waals surface area contributed by atoms with Crippen molar-refractivity contribution in [1.82, 2.24) is 0 Å². The number of nitrogens with two attached hydrogens (primary N) is 1. The summed E-state index contributed by atoms with van der Waals surface area (Å²) in [6.45, 7) is 4.00. The normalized spacial score (nSPS) is 8.74. The van der Waals surface area contributed by atoms with Gasteiger partial charge < -0.3 is 20.5 Å². The molecule has 5 nitrogen and oxygen atoms in total. The minimum absolute atomic E-state index is 0.537. The number of ether oxygens (including phenoxy) is 2. The molecule has 0 aliphatic carbocycles. The number of nitrogen functional groups attached to an aromatic ring is 1. The zero-order chi connectivity index (χ0) is 17.7. The molecule has 23 heavy (non-hydrogen) atoms. The van der Waals surface area contributed by atoms with E-state index in [4.69, 9.17) is 10.5 Å². The monoisotopic (exact) mass is 318 g/mol. The summed E-state index contributed by atoms with van der Waals surface area (Å²) < 4.78 is 9.33. The molecule has 5 heteroatoms. The van der Waals surface area contributed by atoms with Crippen molar-refractivity contribution < 1.29 is 14.3 Å². The first-order chi connectivity index (χ1) is 11.1. The Kier molecular flexibility index (Phi) is 10.7. The fourth-order valence-corrected chi connectivity index (χ4v) is 1.60. The molecule has 0 spiro atoms. The highest BCUT2D eigenvalue weighted by Crippen LogP contribution is 2.25. The van der Waals surface area contributed by atoms with Crippen LogP contribution < -0.4 is 15.8 Å². The topological polar surface area (TPSA) is 73.6 Å². The molecule has 2 aromatic rings. The van der Waals surface area contributed by atoms with Gasteiger partial charge in [-0.15, -0.1) is 0 Å². The highest BCUT2D eigenvalue weighted by molar-refractivity contribution is 5.82. The van der Waals surface area contributed by atoms with Crippen molar-refractivity contribution in [2.24, 2.45) is 0 Å². The van der Waals surface area contributed by atoms with Crippen molar-refractivity contribution in [3.63, 3.8) is 0 Å². The van der Waals surface area contributed by atoms with E-state index in [1.54, 1.807) is 39.5 Å². The number of hydrogen-bond donors (Lipinski definition) is 2. The van der Waals surface area contributed by atoms with Gasteiger partial charge in [0, 0.05) is 25.5 Å². The lowest BCUT2D eigenvalue weighted by Crippen LogP contribution is -1.97. The molecule has 0 aliphatic rings. The Morgan fingerprint density at radius 2 is 1.57 bits per heavy atom. The second kappa shape index (κ2) is 12.1. The standard InChI is InChI=1S/C14H14N2O2.C2H6O.C2H6/c1-18-12-5-3-11(4-6-12)16-14-7-2-10(9-17)8-13(14)15;1-3-2;1-2/h2-9,16H,15H2,1H3;1-2H3;1-2H3. The molecule has 0 radical (unpaired) electrons. The Hall–Kier alpha value is -2.53. The van der Waals surface area contributed by atoms with Crippen LogP contribution >= 0.6 is 0 Å². The number of carbonyl (C=O) groups excluding carboxylic acids is 1. The molecule has 0 aromatic heterocycles. The number of benzene rings is 2. The number of nitrogens with one attached hydrogen (secondary N) is 1. The van der Waals surface area contributed by atoms with Gasteiger partial charge in [-0.05, 0) is 42.5 Å². The molecule has 3 N–H and O–H groups in total. The Morgan fingerprint density at radius 3 is 2.00 bits per heavy atom. The van der Waals surface area contributed by atoms with E-state index in [2.05, 4.69) is 10.1 Å². The lowest BCUT2D eigenvalue weighted by Gasteiger charge is -2.10. The average molecular weight is 318 g/mol. The first-order valence-electron chi connectivity index (χ1n) is 7.30. The van der Waals surface area contributed by atoms with E-state index in [1.807, 2.05) is 38.1 Å². The van der Waals surface area contributed by atoms with Crippen LogP contribution in [-0.2, 0) is 4.74 Å². The first kappa shape index (κ1) is 20.5. The molecule has 0 aliphatic heterocycles. The van der Waals surface area contributed by atoms with Gasteiger partial charge >= 0.3 is 0 Å². The van der Waals surface area contributed by atoms with Crippen molar-refractivity contribution in [3.8, 4) is 5.75 Å². The highest BCUT2D eigenvalue weighted by atomic mass is 16.5. The van der Waals surface area contributed by atoms with Crippen LogP contribution in [0, 0.1) is 0 Å². The van der Waals surface area contributed by atoms with E-state index in [9.17, 15) is 4.79 Å². The third-order valence-electron chi connectivity index (χ3n) is 2.58. The van der Waals surface area contributed by atoms with Gasteiger partial charge in [0.1, 0.15) is 12.0 Å². The minimum atomic E-state index is 0.537. The van der Waals surface area contributed by atoms with Crippen LogP contribution in [0.25, 0.3) is 0 Å². The van der Waals surface area contributed by atoms with Gasteiger partial charge in [-0.3, -0.25) is 4.79 Å². The molecule has 2 rings (SSSR count). The van der Waals surface area contributed by atoms with Crippen molar-refractivity contribution in [2.75, 3.05) is 32.4 Å². The smallest absolute Gasteiger partial charge is 0.150 e. The molecular weight excluding hydrogens is 292 g/mol. The predicted octanol–water partition coefficient (Wildman–Crippen LogP) is 4.12. The summed E-state index contributed by atoms with van der Waals surface area (Å²) in [5, 5.41) is 3.18. The summed E-state index contributed by atoms with van der Waals surface area (Å²) in [6.07, 6.45) is 0.771. The molecule has 0 heterocycles.